The number of para-hydroxylation sites is 2. The largest absolute Gasteiger partial charge is 0.397 e. The predicted molar refractivity (Wildman–Crippen MR) is 95.1 cm³/mol. The number of hydrogen-bond donors (Lipinski definition) is 3. The van der Waals surface area contributed by atoms with Crippen molar-refractivity contribution in [1.29, 1.82) is 0 Å². The first-order chi connectivity index (χ1) is 11.8. The van der Waals surface area contributed by atoms with Crippen molar-refractivity contribution < 1.29 is 5.11 Å². The second-order valence-corrected chi connectivity index (χ2v) is 5.55. The first-order valence-corrected chi connectivity index (χ1v) is 7.67. The molecule has 0 aliphatic rings. The van der Waals surface area contributed by atoms with Gasteiger partial charge in [-0.3, -0.25) is 0 Å². The molecule has 0 fully saturated rings. The van der Waals surface area contributed by atoms with Crippen molar-refractivity contribution in [2.75, 3.05) is 5.73 Å². The molecule has 2 heterocycles. The number of imidazole rings is 1. The summed E-state index contributed by atoms with van der Waals surface area (Å²) in [6.45, 7) is -0.0395. The zero-order chi connectivity index (χ0) is 16.5. The minimum atomic E-state index is -0.0395. The fourth-order valence-corrected chi connectivity index (χ4v) is 2.78. The highest BCUT2D eigenvalue weighted by atomic mass is 16.3. The Morgan fingerprint density at radius 3 is 2.54 bits per heavy atom. The Hall–Kier alpha value is -3.18. The first kappa shape index (κ1) is 14.4. The SMILES string of the molecule is Nc1ccc(-c2ccccc2CO)nc1-c1nc2ccccc2[nH]1. The van der Waals surface area contributed by atoms with Gasteiger partial charge in [-0.2, -0.15) is 0 Å². The third-order valence-corrected chi connectivity index (χ3v) is 4.00. The number of aliphatic hydroxyl groups excluding tert-OH is 1. The van der Waals surface area contributed by atoms with Gasteiger partial charge in [-0.15, -0.1) is 0 Å². The Balaban J connectivity index is 1.87. The Morgan fingerprint density at radius 2 is 1.71 bits per heavy atom. The van der Waals surface area contributed by atoms with Crippen LogP contribution in [-0.2, 0) is 6.61 Å². The molecule has 0 radical (unpaired) electrons. The molecule has 4 N–H and O–H groups in total. The molecule has 0 atom stereocenters. The second-order valence-electron chi connectivity index (χ2n) is 5.55. The minimum absolute atomic E-state index is 0.0395. The van der Waals surface area contributed by atoms with Crippen molar-refractivity contribution >= 4 is 16.7 Å². The summed E-state index contributed by atoms with van der Waals surface area (Å²) in [5, 5.41) is 9.54. The van der Waals surface area contributed by atoms with Crippen LogP contribution in [0.1, 0.15) is 5.56 Å². The Morgan fingerprint density at radius 1 is 0.917 bits per heavy atom. The average molecular weight is 316 g/mol. The number of nitrogens with two attached hydrogens (primary N) is 1. The smallest absolute Gasteiger partial charge is 0.159 e. The number of H-pyrrole nitrogens is 1. The van der Waals surface area contributed by atoms with Gasteiger partial charge in [0, 0.05) is 5.56 Å². The highest BCUT2D eigenvalue weighted by Gasteiger charge is 2.13. The number of fused-ring (bicyclic) bond motifs is 1. The number of nitrogens with zero attached hydrogens (tertiary/aromatic N) is 2. The summed E-state index contributed by atoms with van der Waals surface area (Å²) < 4.78 is 0. The van der Waals surface area contributed by atoms with Crippen LogP contribution in [0.5, 0.6) is 0 Å². The van der Waals surface area contributed by atoms with Crippen molar-refractivity contribution in [3.8, 4) is 22.8 Å². The lowest BCUT2D eigenvalue weighted by Gasteiger charge is -2.09. The molecule has 0 amide bonds. The number of aromatic nitrogens is 3. The summed E-state index contributed by atoms with van der Waals surface area (Å²) in [6, 6.07) is 19.1. The van der Waals surface area contributed by atoms with E-state index >= 15 is 0 Å². The number of anilines is 1. The summed E-state index contributed by atoms with van der Waals surface area (Å²) in [6.07, 6.45) is 0. The normalized spacial score (nSPS) is 11.0. The molecular formula is C19H16N4O. The highest BCUT2D eigenvalue weighted by Crippen LogP contribution is 2.29. The zero-order valence-corrected chi connectivity index (χ0v) is 12.9. The van der Waals surface area contributed by atoms with Crippen LogP contribution in [0.3, 0.4) is 0 Å². The Bertz CT molecular complexity index is 990. The summed E-state index contributed by atoms with van der Waals surface area (Å²) in [4.78, 5) is 12.5. The van der Waals surface area contributed by atoms with Crippen LogP contribution in [0.25, 0.3) is 33.8 Å². The number of rotatable bonds is 3. The first-order valence-electron chi connectivity index (χ1n) is 7.67. The van der Waals surface area contributed by atoms with E-state index in [4.69, 9.17) is 5.73 Å². The number of hydrogen-bond acceptors (Lipinski definition) is 4. The van der Waals surface area contributed by atoms with Gasteiger partial charge in [-0.05, 0) is 29.8 Å². The molecular weight excluding hydrogens is 300 g/mol. The molecule has 4 rings (SSSR count). The number of benzene rings is 2. The standard InChI is InChI=1S/C19H16N4O/c20-14-9-10-15(13-6-2-1-5-12(13)11-24)21-18(14)19-22-16-7-3-4-8-17(16)23-19/h1-10,24H,11,20H2,(H,22,23). The van der Waals surface area contributed by atoms with Gasteiger partial charge in [-0.1, -0.05) is 36.4 Å². The fraction of sp³-hybridized carbons (Fsp3) is 0.0526. The van der Waals surface area contributed by atoms with Gasteiger partial charge >= 0.3 is 0 Å². The Kier molecular flexibility index (Phi) is 3.48. The van der Waals surface area contributed by atoms with Crippen LogP contribution in [0.2, 0.25) is 0 Å². The highest BCUT2D eigenvalue weighted by molar-refractivity contribution is 5.82. The number of nitrogen functional groups attached to an aromatic ring is 1. The molecule has 0 spiro atoms. The van der Waals surface area contributed by atoms with Gasteiger partial charge in [-0.25, -0.2) is 9.97 Å². The van der Waals surface area contributed by atoms with Gasteiger partial charge in [0.15, 0.2) is 5.82 Å². The number of aliphatic hydroxyl groups is 1. The molecule has 5 heteroatoms. The fourth-order valence-electron chi connectivity index (χ4n) is 2.78. The predicted octanol–water partition coefficient (Wildman–Crippen LogP) is 3.37. The summed E-state index contributed by atoms with van der Waals surface area (Å²) >= 11 is 0. The summed E-state index contributed by atoms with van der Waals surface area (Å²) in [5.74, 6) is 0.636. The van der Waals surface area contributed by atoms with Crippen molar-refractivity contribution in [1.82, 2.24) is 15.0 Å². The maximum Gasteiger partial charge on any atom is 0.159 e. The van der Waals surface area contributed by atoms with Crippen LogP contribution < -0.4 is 5.73 Å². The number of aromatic amines is 1. The Labute approximate surface area is 138 Å². The molecule has 0 aliphatic heterocycles. The van der Waals surface area contributed by atoms with Crippen molar-refractivity contribution in [2.24, 2.45) is 0 Å². The lowest BCUT2D eigenvalue weighted by atomic mass is 10.0. The van der Waals surface area contributed by atoms with Gasteiger partial charge in [0.25, 0.3) is 0 Å². The average Bonchev–Trinajstić information content (AvgIpc) is 3.06. The van der Waals surface area contributed by atoms with E-state index in [0.29, 0.717) is 17.2 Å². The van der Waals surface area contributed by atoms with E-state index < -0.39 is 0 Å². The second kappa shape index (κ2) is 5.79. The number of nitrogens with one attached hydrogen (secondary N) is 1. The van der Waals surface area contributed by atoms with Crippen LogP contribution >= 0.6 is 0 Å². The van der Waals surface area contributed by atoms with Crippen LogP contribution in [0.4, 0.5) is 5.69 Å². The molecule has 4 aromatic rings. The maximum absolute atomic E-state index is 9.54. The minimum Gasteiger partial charge on any atom is -0.397 e. The summed E-state index contributed by atoms with van der Waals surface area (Å²) in [5.41, 5.74) is 11.6. The maximum atomic E-state index is 9.54. The molecule has 118 valence electrons. The van der Waals surface area contributed by atoms with E-state index in [9.17, 15) is 5.11 Å². The lowest BCUT2D eigenvalue weighted by molar-refractivity contribution is 0.282. The van der Waals surface area contributed by atoms with Crippen molar-refractivity contribution in [2.45, 2.75) is 6.61 Å². The third kappa shape index (κ3) is 2.41. The molecule has 2 aromatic heterocycles. The van der Waals surface area contributed by atoms with E-state index in [-0.39, 0.29) is 6.61 Å². The monoisotopic (exact) mass is 316 g/mol. The van der Waals surface area contributed by atoms with Gasteiger partial charge in [0.05, 0.1) is 29.0 Å². The molecule has 0 aliphatic carbocycles. The van der Waals surface area contributed by atoms with Crippen LogP contribution in [0.15, 0.2) is 60.7 Å². The van der Waals surface area contributed by atoms with E-state index in [2.05, 4.69) is 15.0 Å². The van der Waals surface area contributed by atoms with Gasteiger partial charge in [0.1, 0.15) is 5.69 Å². The lowest BCUT2D eigenvalue weighted by Crippen LogP contribution is -1.98. The molecule has 0 unspecified atom stereocenters. The van der Waals surface area contributed by atoms with Crippen molar-refractivity contribution in [3.05, 3.63) is 66.2 Å². The topological polar surface area (TPSA) is 87.8 Å². The third-order valence-electron chi connectivity index (χ3n) is 4.00. The number of pyridine rings is 1. The molecule has 24 heavy (non-hydrogen) atoms. The van der Waals surface area contributed by atoms with E-state index in [1.54, 1.807) is 0 Å². The molecule has 0 saturated heterocycles. The van der Waals surface area contributed by atoms with E-state index in [1.807, 2.05) is 60.7 Å². The van der Waals surface area contributed by atoms with E-state index in [1.165, 1.54) is 0 Å². The molecule has 0 bridgehead atoms. The van der Waals surface area contributed by atoms with Crippen LogP contribution in [0, 0.1) is 0 Å². The quantitative estimate of drug-likeness (QED) is 0.541. The van der Waals surface area contributed by atoms with Crippen LogP contribution in [-0.4, -0.2) is 20.1 Å². The molecule has 0 saturated carbocycles. The summed E-state index contributed by atoms with van der Waals surface area (Å²) in [7, 11) is 0. The van der Waals surface area contributed by atoms with Gasteiger partial charge < -0.3 is 15.8 Å². The zero-order valence-electron chi connectivity index (χ0n) is 12.9. The van der Waals surface area contributed by atoms with Crippen molar-refractivity contribution in [3.63, 3.8) is 0 Å². The molecule has 2 aromatic carbocycles. The van der Waals surface area contributed by atoms with Gasteiger partial charge in [0.2, 0.25) is 0 Å². The van der Waals surface area contributed by atoms with E-state index in [0.717, 1.165) is 27.9 Å². The molecule has 5 nitrogen and oxygen atoms in total.